The van der Waals surface area contributed by atoms with Gasteiger partial charge in [0.2, 0.25) is 5.91 Å². The molecule has 198 valence electrons. The molecule has 0 unspecified atom stereocenters. The van der Waals surface area contributed by atoms with Crippen molar-refractivity contribution >= 4 is 17.7 Å². The molecular formula is C30H33FN4O3. The average molecular weight is 517 g/mol. The first kappa shape index (κ1) is 24.7. The molecule has 2 aromatic carbocycles. The molecular weight excluding hydrogens is 483 g/mol. The molecule has 1 aromatic heterocycles. The number of aromatic nitrogens is 2. The second kappa shape index (κ2) is 10.3. The number of anilines is 1. The molecule has 3 heterocycles. The number of carbonyl (C=O) groups excluding carboxylic acids is 1. The van der Waals surface area contributed by atoms with Crippen LogP contribution >= 0.6 is 0 Å². The number of morpholine rings is 1. The van der Waals surface area contributed by atoms with Crippen molar-refractivity contribution < 1.29 is 18.7 Å². The number of imidazole rings is 1. The molecule has 0 N–H and O–H groups in total. The van der Waals surface area contributed by atoms with E-state index in [2.05, 4.69) is 9.88 Å². The Balaban J connectivity index is 1.24. The van der Waals surface area contributed by atoms with Crippen LogP contribution in [0.25, 0.3) is 11.8 Å². The van der Waals surface area contributed by atoms with Gasteiger partial charge < -0.3 is 23.8 Å². The number of carbonyl (C=O) groups is 1. The van der Waals surface area contributed by atoms with Gasteiger partial charge in [-0.3, -0.25) is 4.79 Å². The summed E-state index contributed by atoms with van der Waals surface area (Å²) in [5.41, 5.74) is 6.28. The van der Waals surface area contributed by atoms with E-state index in [0.29, 0.717) is 44.3 Å². The van der Waals surface area contributed by atoms with Crippen LogP contribution in [-0.2, 0) is 16.0 Å². The van der Waals surface area contributed by atoms with Crippen LogP contribution in [0.1, 0.15) is 47.7 Å². The van der Waals surface area contributed by atoms with Crippen molar-refractivity contribution in [1.82, 2.24) is 14.5 Å². The van der Waals surface area contributed by atoms with Gasteiger partial charge in [-0.1, -0.05) is 6.07 Å². The smallest absolute Gasteiger partial charge is 0.250 e. The van der Waals surface area contributed by atoms with E-state index in [0.717, 1.165) is 59.3 Å². The van der Waals surface area contributed by atoms with E-state index in [-0.39, 0.29) is 17.8 Å². The number of nitrogens with zero attached hydrogens (tertiary/aromatic N) is 4. The summed E-state index contributed by atoms with van der Waals surface area (Å²) in [6.45, 7) is 5.28. The Morgan fingerprint density at radius 2 is 1.95 bits per heavy atom. The molecule has 3 aliphatic rings. The molecule has 0 radical (unpaired) electrons. The van der Waals surface area contributed by atoms with Crippen LogP contribution in [0.5, 0.6) is 5.75 Å². The third-order valence-corrected chi connectivity index (χ3v) is 7.90. The Bertz CT molecular complexity index is 1390. The summed E-state index contributed by atoms with van der Waals surface area (Å²) in [6, 6.07) is 9.52. The molecule has 6 rings (SSSR count). The molecule has 1 atom stereocenters. The number of halogens is 1. The van der Waals surface area contributed by atoms with Gasteiger partial charge in [0.05, 0.1) is 49.8 Å². The van der Waals surface area contributed by atoms with Crippen LogP contribution in [0.4, 0.5) is 10.1 Å². The topological polar surface area (TPSA) is 59.8 Å². The van der Waals surface area contributed by atoms with Crippen molar-refractivity contribution in [2.24, 2.45) is 0 Å². The molecule has 2 aliphatic heterocycles. The summed E-state index contributed by atoms with van der Waals surface area (Å²) < 4.78 is 28.3. The first-order chi connectivity index (χ1) is 18.5. The zero-order chi connectivity index (χ0) is 26.2. The van der Waals surface area contributed by atoms with Gasteiger partial charge in [0.1, 0.15) is 11.6 Å². The fourth-order valence-corrected chi connectivity index (χ4v) is 5.98. The van der Waals surface area contributed by atoms with Crippen LogP contribution in [0, 0.1) is 12.7 Å². The summed E-state index contributed by atoms with van der Waals surface area (Å²) in [5.74, 6) is 0.547. The van der Waals surface area contributed by atoms with E-state index in [1.165, 1.54) is 0 Å². The number of rotatable bonds is 5. The lowest BCUT2D eigenvalue weighted by Gasteiger charge is -2.34. The summed E-state index contributed by atoms with van der Waals surface area (Å²) in [4.78, 5) is 22.0. The largest absolute Gasteiger partial charge is 0.495 e. The van der Waals surface area contributed by atoms with Gasteiger partial charge in [-0.2, -0.15) is 0 Å². The summed E-state index contributed by atoms with van der Waals surface area (Å²) in [5, 5.41) is 0. The first-order valence-electron chi connectivity index (χ1n) is 13.4. The number of fused-ring (bicyclic) bond motifs is 1. The number of methoxy groups -OCH3 is 1. The Morgan fingerprint density at radius 1 is 1.11 bits per heavy atom. The van der Waals surface area contributed by atoms with Crippen molar-refractivity contribution in [3.8, 4) is 11.4 Å². The Hall–Kier alpha value is -3.65. The number of ether oxygens (including phenoxy) is 2. The zero-order valence-electron chi connectivity index (χ0n) is 22.0. The van der Waals surface area contributed by atoms with E-state index in [9.17, 15) is 4.79 Å². The second-order valence-electron chi connectivity index (χ2n) is 10.3. The van der Waals surface area contributed by atoms with Crippen molar-refractivity contribution in [3.05, 3.63) is 76.6 Å². The fraction of sp³-hybridized carbons (Fsp3) is 0.400. The normalized spacial score (nSPS) is 20.8. The highest BCUT2D eigenvalue weighted by Gasteiger charge is 2.35. The number of hydrogen-bond acceptors (Lipinski definition) is 5. The van der Waals surface area contributed by atoms with Crippen LogP contribution in [-0.4, -0.2) is 60.3 Å². The molecule has 8 heteroatoms. The predicted molar refractivity (Wildman–Crippen MR) is 144 cm³/mol. The fourth-order valence-electron chi connectivity index (χ4n) is 5.98. The molecule has 1 aliphatic carbocycles. The highest BCUT2D eigenvalue weighted by atomic mass is 19.1. The van der Waals surface area contributed by atoms with E-state index in [1.54, 1.807) is 19.5 Å². The van der Waals surface area contributed by atoms with Gasteiger partial charge in [0, 0.05) is 31.4 Å². The first-order valence-corrected chi connectivity index (χ1v) is 13.4. The van der Waals surface area contributed by atoms with Gasteiger partial charge in [0.15, 0.2) is 0 Å². The van der Waals surface area contributed by atoms with Crippen molar-refractivity contribution in [2.75, 3.05) is 44.9 Å². The molecule has 2 fully saturated rings. The van der Waals surface area contributed by atoms with Crippen LogP contribution in [0.15, 0.2) is 48.4 Å². The van der Waals surface area contributed by atoms with E-state index >= 15 is 4.39 Å². The summed E-state index contributed by atoms with van der Waals surface area (Å²) >= 11 is 0. The van der Waals surface area contributed by atoms with Crippen LogP contribution in [0.3, 0.4) is 0 Å². The van der Waals surface area contributed by atoms with Gasteiger partial charge in [-0.15, -0.1) is 0 Å². The molecule has 0 spiro atoms. The molecule has 3 aromatic rings. The lowest BCUT2D eigenvalue weighted by molar-refractivity contribution is -0.131. The van der Waals surface area contributed by atoms with Crippen molar-refractivity contribution in [1.29, 1.82) is 0 Å². The number of amides is 1. The number of piperidine rings is 1. The predicted octanol–water partition coefficient (Wildman–Crippen LogP) is 4.86. The standard InChI is InChI=1S/C30H33FN4O3/c1-20-18-34(19-32-20)27-7-5-21(15-29(27)37-2)14-23-4-3-9-35(30(23)36)26-8-6-22-16-28(25(31)17-24(22)26)33-10-12-38-13-11-33/h5,7,14-19,26H,3-4,6,8-13H2,1-2H3/b23-14+/t26-/m0/s1. The summed E-state index contributed by atoms with van der Waals surface area (Å²) in [6.07, 6.45) is 8.98. The Morgan fingerprint density at radius 3 is 2.71 bits per heavy atom. The van der Waals surface area contributed by atoms with Crippen LogP contribution in [0.2, 0.25) is 0 Å². The van der Waals surface area contributed by atoms with Gasteiger partial charge in [-0.25, -0.2) is 9.37 Å². The second-order valence-corrected chi connectivity index (χ2v) is 10.3. The SMILES string of the molecule is COc1cc(/C=C2\CCCN([C@H]3CCc4cc(N5CCOCC5)c(F)cc43)C2=O)ccc1-n1cnc(C)c1. The number of benzene rings is 2. The molecule has 2 saturated heterocycles. The zero-order valence-corrected chi connectivity index (χ0v) is 22.0. The van der Waals surface area contributed by atoms with Crippen LogP contribution < -0.4 is 9.64 Å². The Kier molecular flexibility index (Phi) is 6.66. The van der Waals surface area contributed by atoms with Gasteiger partial charge in [-0.05, 0) is 79.6 Å². The molecule has 7 nitrogen and oxygen atoms in total. The molecule has 1 amide bonds. The lowest BCUT2D eigenvalue weighted by atomic mass is 9.97. The summed E-state index contributed by atoms with van der Waals surface area (Å²) in [7, 11) is 1.65. The third kappa shape index (κ3) is 4.58. The monoisotopic (exact) mass is 516 g/mol. The van der Waals surface area contributed by atoms with E-state index in [4.69, 9.17) is 9.47 Å². The minimum absolute atomic E-state index is 0.0417. The maximum absolute atomic E-state index is 15.2. The number of hydrogen-bond donors (Lipinski definition) is 0. The number of likely N-dealkylation sites (tertiary alicyclic amines) is 1. The van der Waals surface area contributed by atoms with E-state index < -0.39 is 0 Å². The van der Waals surface area contributed by atoms with E-state index in [1.807, 2.05) is 52.9 Å². The maximum atomic E-state index is 15.2. The van der Waals surface area contributed by atoms with Crippen molar-refractivity contribution in [3.63, 3.8) is 0 Å². The molecule has 38 heavy (non-hydrogen) atoms. The Labute approximate surface area is 222 Å². The third-order valence-electron chi connectivity index (χ3n) is 7.90. The quantitative estimate of drug-likeness (QED) is 0.454. The molecule has 0 saturated carbocycles. The molecule has 0 bridgehead atoms. The maximum Gasteiger partial charge on any atom is 0.250 e. The lowest BCUT2D eigenvalue weighted by Crippen LogP contribution is -2.39. The van der Waals surface area contributed by atoms with Crippen molar-refractivity contribution in [2.45, 2.75) is 38.6 Å². The highest BCUT2D eigenvalue weighted by Crippen LogP contribution is 2.41. The highest BCUT2D eigenvalue weighted by molar-refractivity contribution is 5.99. The van der Waals surface area contributed by atoms with Gasteiger partial charge >= 0.3 is 0 Å². The average Bonchev–Trinajstić information content (AvgIpc) is 3.55. The van der Waals surface area contributed by atoms with Gasteiger partial charge in [0.25, 0.3) is 0 Å². The minimum Gasteiger partial charge on any atom is -0.495 e. The number of aryl methyl sites for hydroxylation is 2. The minimum atomic E-state index is -0.210.